The maximum atomic E-state index is 6.21. The van der Waals surface area contributed by atoms with Gasteiger partial charge in [0, 0.05) is 5.69 Å². The molecule has 3 rings (SSSR count). The summed E-state index contributed by atoms with van der Waals surface area (Å²) in [7, 11) is -0.387. The molecular formula is C19H24BNO2. The molecule has 2 aromatic rings. The van der Waals surface area contributed by atoms with Gasteiger partial charge in [0.2, 0.25) is 0 Å². The van der Waals surface area contributed by atoms with Crippen molar-refractivity contribution < 1.29 is 9.31 Å². The molecule has 2 aromatic carbocycles. The molecule has 1 fully saturated rings. The monoisotopic (exact) mass is 309 g/mol. The standard InChI is InChI=1S/C19H24BNO2/c1-18(2)19(3,4)23-20(22-18)17-13-16(21)11-10-15(17)12-14-8-6-5-7-9-14/h5-11,13H,12,21H2,1-4H3. The van der Waals surface area contributed by atoms with Gasteiger partial charge in [-0.3, -0.25) is 0 Å². The molecule has 1 heterocycles. The van der Waals surface area contributed by atoms with Crippen molar-refractivity contribution in [1.29, 1.82) is 0 Å². The van der Waals surface area contributed by atoms with Gasteiger partial charge < -0.3 is 15.0 Å². The molecule has 0 aromatic heterocycles. The molecule has 0 atom stereocenters. The summed E-state index contributed by atoms with van der Waals surface area (Å²) in [6.45, 7) is 8.26. The van der Waals surface area contributed by atoms with Crippen LogP contribution >= 0.6 is 0 Å². The van der Waals surface area contributed by atoms with Gasteiger partial charge in [0.25, 0.3) is 0 Å². The van der Waals surface area contributed by atoms with Gasteiger partial charge in [-0.1, -0.05) is 36.4 Å². The van der Waals surface area contributed by atoms with Gasteiger partial charge >= 0.3 is 7.12 Å². The summed E-state index contributed by atoms with van der Waals surface area (Å²) in [5.74, 6) is 0. The zero-order chi connectivity index (χ0) is 16.7. The first kappa shape index (κ1) is 16.1. The predicted octanol–water partition coefficient (Wildman–Crippen LogP) is 3.16. The summed E-state index contributed by atoms with van der Waals surface area (Å²) >= 11 is 0. The van der Waals surface area contributed by atoms with Crippen LogP contribution in [0.1, 0.15) is 38.8 Å². The molecule has 23 heavy (non-hydrogen) atoms. The molecule has 1 aliphatic rings. The Bertz CT molecular complexity index is 682. The normalized spacial score (nSPS) is 19.0. The quantitative estimate of drug-likeness (QED) is 0.700. The smallest absolute Gasteiger partial charge is 0.399 e. The van der Waals surface area contributed by atoms with Crippen LogP contribution in [0.15, 0.2) is 48.5 Å². The topological polar surface area (TPSA) is 44.5 Å². The molecule has 120 valence electrons. The molecule has 1 saturated heterocycles. The second-order valence-corrected chi connectivity index (χ2v) is 7.21. The molecule has 0 aliphatic carbocycles. The minimum absolute atomic E-state index is 0.355. The number of rotatable bonds is 3. The van der Waals surface area contributed by atoms with E-state index in [9.17, 15) is 0 Å². The van der Waals surface area contributed by atoms with Gasteiger partial charge in [-0.15, -0.1) is 0 Å². The molecule has 0 unspecified atom stereocenters. The minimum Gasteiger partial charge on any atom is -0.399 e. The Morgan fingerprint density at radius 2 is 1.52 bits per heavy atom. The highest BCUT2D eigenvalue weighted by molar-refractivity contribution is 6.62. The van der Waals surface area contributed by atoms with Crippen LogP contribution in [0, 0.1) is 0 Å². The highest BCUT2D eigenvalue weighted by Gasteiger charge is 2.52. The molecule has 3 nitrogen and oxygen atoms in total. The van der Waals surface area contributed by atoms with E-state index < -0.39 is 0 Å². The first-order valence-electron chi connectivity index (χ1n) is 8.06. The molecule has 0 amide bonds. The van der Waals surface area contributed by atoms with Gasteiger partial charge in [0.1, 0.15) is 0 Å². The summed E-state index contributed by atoms with van der Waals surface area (Å²) in [5, 5.41) is 0. The van der Waals surface area contributed by atoms with Gasteiger partial charge in [0.15, 0.2) is 0 Å². The molecule has 0 bridgehead atoms. The SMILES string of the molecule is CC1(C)OB(c2cc(N)ccc2Cc2ccccc2)OC1(C)C. The average Bonchev–Trinajstić information content (AvgIpc) is 2.70. The second kappa shape index (κ2) is 5.70. The van der Waals surface area contributed by atoms with E-state index in [2.05, 4.69) is 58.0 Å². The minimum atomic E-state index is -0.387. The Morgan fingerprint density at radius 1 is 0.913 bits per heavy atom. The largest absolute Gasteiger partial charge is 0.495 e. The van der Waals surface area contributed by atoms with Crippen LogP contribution < -0.4 is 11.2 Å². The molecular weight excluding hydrogens is 285 g/mol. The van der Waals surface area contributed by atoms with Crippen LogP contribution in [0.3, 0.4) is 0 Å². The van der Waals surface area contributed by atoms with Crippen LogP contribution in [-0.2, 0) is 15.7 Å². The third-order valence-corrected chi connectivity index (χ3v) is 4.91. The Balaban J connectivity index is 1.95. The summed E-state index contributed by atoms with van der Waals surface area (Å²) in [5.41, 5.74) is 9.50. The van der Waals surface area contributed by atoms with Crippen molar-refractivity contribution >= 4 is 18.3 Å². The van der Waals surface area contributed by atoms with Crippen LogP contribution in [0.4, 0.5) is 5.69 Å². The van der Waals surface area contributed by atoms with E-state index in [0.29, 0.717) is 0 Å². The molecule has 0 spiro atoms. The van der Waals surface area contributed by atoms with Crippen molar-refractivity contribution in [1.82, 2.24) is 0 Å². The lowest BCUT2D eigenvalue weighted by molar-refractivity contribution is 0.00578. The third kappa shape index (κ3) is 3.14. The maximum Gasteiger partial charge on any atom is 0.495 e. The Morgan fingerprint density at radius 3 is 2.13 bits per heavy atom. The number of anilines is 1. The highest BCUT2D eigenvalue weighted by Crippen LogP contribution is 2.36. The summed E-state index contributed by atoms with van der Waals surface area (Å²) in [6.07, 6.45) is 0.834. The number of nitrogen functional groups attached to an aromatic ring is 1. The van der Waals surface area contributed by atoms with Crippen molar-refractivity contribution in [2.75, 3.05) is 5.73 Å². The number of hydrogen-bond acceptors (Lipinski definition) is 3. The Kier molecular flexibility index (Phi) is 3.99. The predicted molar refractivity (Wildman–Crippen MR) is 95.8 cm³/mol. The van der Waals surface area contributed by atoms with Gasteiger partial charge in [-0.2, -0.15) is 0 Å². The van der Waals surface area contributed by atoms with Gasteiger partial charge in [-0.25, -0.2) is 0 Å². The van der Waals surface area contributed by atoms with Crippen molar-refractivity contribution in [3.63, 3.8) is 0 Å². The fourth-order valence-electron chi connectivity index (χ4n) is 2.78. The molecule has 0 saturated carbocycles. The zero-order valence-electron chi connectivity index (χ0n) is 14.3. The summed E-state index contributed by atoms with van der Waals surface area (Å²) in [4.78, 5) is 0. The van der Waals surface area contributed by atoms with Crippen molar-refractivity contribution in [2.45, 2.75) is 45.3 Å². The summed E-state index contributed by atoms with van der Waals surface area (Å²) in [6, 6.07) is 16.4. The first-order valence-corrected chi connectivity index (χ1v) is 8.06. The van der Waals surface area contributed by atoms with E-state index in [1.807, 2.05) is 18.2 Å². The van der Waals surface area contributed by atoms with E-state index >= 15 is 0 Å². The van der Waals surface area contributed by atoms with Crippen LogP contribution in [-0.4, -0.2) is 18.3 Å². The number of nitrogens with two attached hydrogens (primary N) is 1. The van der Waals surface area contributed by atoms with E-state index in [0.717, 1.165) is 17.6 Å². The lowest BCUT2D eigenvalue weighted by atomic mass is 9.74. The lowest BCUT2D eigenvalue weighted by Crippen LogP contribution is -2.41. The Labute approximate surface area is 138 Å². The van der Waals surface area contributed by atoms with Crippen LogP contribution in [0.25, 0.3) is 0 Å². The van der Waals surface area contributed by atoms with Crippen LogP contribution in [0.5, 0.6) is 0 Å². The molecule has 0 radical (unpaired) electrons. The number of hydrogen-bond donors (Lipinski definition) is 1. The highest BCUT2D eigenvalue weighted by atomic mass is 16.7. The van der Waals surface area contributed by atoms with Crippen molar-refractivity contribution in [2.24, 2.45) is 0 Å². The van der Waals surface area contributed by atoms with E-state index in [-0.39, 0.29) is 18.3 Å². The number of benzene rings is 2. The summed E-state index contributed by atoms with van der Waals surface area (Å²) < 4.78 is 12.4. The second-order valence-electron chi connectivity index (χ2n) is 7.21. The van der Waals surface area contributed by atoms with E-state index in [1.165, 1.54) is 11.1 Å². The van der Waals surface area contributed by atoms with E-state index in [1.54, 1.807) is 0 Å². The fourth-order valence-corrected chi connectivity index (χ4v) is 2.78. The van der Waals surface area contributed by atoms with Gasteiger partial charge in [-0.05, 0) is 62.8 Å². The van der Waals surface area contributed by atoms with Crippen molar-refractivity contribution in [3.05, 3.63) is 59.7 Å². The first-order chi connectivity index (χ1) is 10.8. The molecule has 2 N–H and O–H groups in total. The Hall–Kier alpha value is -1.78. The van der Waals surface area contributed by atoms with Gasteiger partial charge in [0.05, 0.1) is 11.2 Å². The van der Waals surface area contributed by atoms with E-state index in [4.69, 9.17) is 15.0 Å². The fraction of sp³-hybridized carbons (Fsp3) is 0.368. The maximum absolute atomic E-state index is 6.21. The zero-order valence-corrected chi connectivity index (χ0v) is 14.3. The average molecular weight is 309 g/mol. The third-order valence-electron chi connectivity index (χ3n) is 4.91. The molecule has 4 heteroatoms. The van der Waals surface area contributed by atoms with Crippen molar-refractivity contribution in [3.8, 4) is 0 Å². The van der Waals surface area contributed by atoms with Crippen LogP contribution in [0.2, 0.25) is 0 Å². The lowest BCUT2D eigenvalue weighted by Gasteiger charge is -2.32. The molecule has 1 aliphatic heterocycles.